The fourth-order valence-electron chi connectivity index (χ4n) is 4.05. The van der Waals surface area contributed by atoms with Crippen LogP contribution in [0.4, 0.5) is 0 Å². The lowest BCUT2D eigenvalue weighted by Gasteiger charge is -2.35. The van der Waals surface area contributed by atoms with Crippen molar-refractivity contribution in [3.63, 3.8) is 0 Å². The van der Waals surface area contributed by atoms with Gasteiger partial charge in [-0.3, -0.25) is 9.59 Å². The van der Waals surface area contributed by atoms with Crippen LogP contribution in [0.2, 0.25) is 0 Å². The number of piperidine rings is 1. The number of aryl methyl sites for hydroxylation is 1. The van der Waals surface area contributed by atoms with Crippen LogP contribution in [0.1, 0.15) is 41.6 Å². The van der Waals surface area contributed by atoms with E-state index in [1.807, 2.05) is 48.0 Å². The average molecular weight is 380 g/mol. The predicted octanol–water partition coefficient (Wildman–Crippen LogP) is 2.48. The molecule has 144 valence electrons. The van der Waals surface area contributed by atoms with Gasteiger partial charge in [0.05, 0.1) is 5.92 Å². The summed E-state index contributed by atoms with van der Waals surface area (Å²) in [6, 6.07) is 8.00. The van der Waals surface area contributed by atoms with E-state index in [2.05, 4.69) is 5.32 Å². The molecule has 5 nitrogen and oxygen atoms in total. The van der Waals surface area contributed by atoms with E-state index in [0.29, 0.717) is 18.2 Å². The number of hydrogen-bond acceptors (Lipinski definition) is 3. The summed E-state index contributed by atoms with van der Waals surface area (Å²) in [6.07, 6.45) is 3.94. The van der Waals surface area contributed by atoms with Crippen LogP contribution < -0.4 is 5.32 Å². The normalized spacial score (nSPS) is 22.8. The van der Waals surface area contributed by atoms with Gasteiger partial charge in [-0.25, -0.2) is 0 Å². The zero-order chi connectivity index (χ0) is 17.8. The second-order valence-electron chi connectivity index (χ2n) is 7.34. The maximum atomic E-state index is 13.0. The van der Waals surface area contributed by atoms with Crippen LogP contribution >= 0.6 is 12.4 Å². The van der Waals surface area contributed by atoms with E-state index in [1.165, 1.54) is 0 Å². The van der Waals surface area contributed by atoms with Crippen molar-refractivity contribution < 1.29 is 9.59 Å². The third-order valence-electron chi connectivity index (χ3n) is 5.46. The molecular formula is C20H30ClN3O2. The summed E-state index contributed by atoms with van der Waals surface area (Å²) in [7, 11) is 1.93. The number of nitrogens with zero attached hydrogens (tertiary/aromatic N) is 2. The van der Waals surface area contributed by atoms with Gasteiger partial charge in [0.25, 0.3) is 5.91 Å². The highest BCUT2D eigenvalue weighted by Crippen LogP contribution is 2.25. The summed E-state index contributed by atoms with van der Waals surface area (Å²) in [4.78, 5) is 29.7. The molecule has 0 aromatic heterocycles. The Labute approximate surface area is 162 Å². The van der Waals surface area contributed by atoms with E-state index in [1.54, 1.807) is 0 Å². The Hall–Kier alpha value is -1.59. The maximum Gasteiger partial charge on any atom is 0.253 e. The Morgan fingerprint density at radius 2 is 1.81 bits per heavy atom. The molecule has 1 N–H and O–H groups in total. The third-order valence-corrected chi connectivity index (χ3v) is 5.46. The van der Waals surface area contributed by atoms with Gasteiger partial charge in [0, 0.05) is 37.8 Å². The van der Waals surface area contributed by atoms with Crippen molar-refractivity contribution in [2.75, 3.05) is 33.2 Å². The van der Waals surface area contributed by atoms with Crippen molar-refractivity contribution in [1.82, 2.24) is 15.1 Å². The average Bonchev–Trinajstić information content (AvgIpc) is 3.10. The first-order valence-electron chi connectivity index (χ1n) is 9.41. The molecule has 3 rings (SSSR count). The minimum absolute atomic E-state index is 0. The summed E-state index contributed by atoms with van der Waals surface area (Å²) in [5, 5.41) is 3.19. The van der Waals surface area contributed by atoms with Crippen LogP contribution in [0.25, 0.3) is 0 Å². The molecule has 0 radical (unpaired) electrons. The van der Waals surface area contributed by atoms with Crippen molar-refractivity contribution in [2.45, 2.75) is 38.6 Å². The van der Waals surface area contributed by atoms with E-state index < -0.39 is 0 Å². The van der Waals surface area contributed by atoms with E-state index in [4.69, 9.17) is 0 Å². The zero-order valence-electron chi connectivity index (χ0n) is 15.7. The Bertz CT molecular complexity index is 620. The first-order valence-corrected chi connectivity index (χ1v) is 9.41. The van der Waals surface area contributed by atoms with E-state index in [0.717, 1.165) is 50.9 Å². The molecule has 2 aliphatic rings. The molecule has 0 aliphatic carbocycles. The molecule has 2 atom stereocenters. The molecule has 2 saturated heterocycles. The van der Waals surface area contributed by atoms with Crippen LogP contribution in [0.5, 0.6) is 0 Å². The van der Waals surface area contributed by atoms with Crippen molar-refractivity contribution in [1.29, 1.82) is 0 Å². The first kappa shape index (κ1) is 20.7. The van der Waals surface area contributed by atoms with Crippen molar-refractivity contribution in [3.8, 4) is 0 Å². The maximum absolute atomic E-state index is 13.0. The summed E-state index contributed by atoms with van der Waals surface area (Å²) in [6.45, 7) is 5.02. The Balaban J connectivity index is 0.00000243. The molecule has 6 heteroatoms. The summed E-state index contributed by atoms with van der Waals surface area (Å²) >= 11 is 0. The van der Waals surface area contributed by atoms with Gasteiger partial charge in [0.2, 0.25) is 5.91 Å². The minimum atomic E-state index is -0.0550. The van der Waals surface area contributed by atoms with E-state index >= 15 is 0 Å². The highest BCUT2D eigenvalue weighted by Gasteiger charge is 2.35. The Morgan fingerprint density at radius 1 is 1.12 bits per heavy atom. The second kappa shape index (κ2) is 9.38. The number of carbonyl (C=O) groups is 2. The van der Waals surface area contributed by atoms with Crippen molar-refractivity contribution in [3.05, 3.63) is 35.4 Å². The van der Waals surface area contributed by atoms with Crippen molar-refractivity contribution in [2.24, 2.45) is 5.92 Å². The highest BCUT2D eigenvalue weighted by atomic mass is 35.5. The summed E-state index contributed by atoms with van der Waals surface area (Å²) < 4.78 is 0. The van der Waals surface area contributed by atoms with Gasteiger partial charge in [-0.15, -0.1) is 12.4 Å². The van der Waals surface area contributed by atoms with Crippen LogP contribution in [0.15, 0.2) is 24.3 Å². The summed E-state index contributed by atoms with van der Waals surface area (Å²) in [5.74, 6) is 0.227. The smallest absolute Gasteiger partial charge is 0.253 e. The third kappa shape index (κ3) is 4.57. The number of hydrogen-bond donors (Lipinski definition) is 1. The number of amides is 2. The van der Waals surface area contributed by atoms with Gasteiger partial charge >= 0.3 is 0 Å². The van der Waals surface area contributed by atoms with Crippen LogP contribution in [-0.4, -0.2) is 60.9 Å². The van der Waals surface area contributed by atoms with Gasteiger partial charge in [0.15, 0.2) is 0 Å². The van der Waals surface area contributed by atoms with E-state index in [-0.39, 0.29) is 30.1 Å². The summed E-state index contributed by atoms with van der Waals surface area (Å²) in [5.41, 5.74) is 1.86. The van der Waals surface area contributed by atoms with Gasteiger partial charge in [-0.05, 0) is 51.8 Å². The molecule has 2 aliphatic heterocycles. The number of likely N-dealkylation sites (tertiary alicyclic amines) is 2. The first-order chi connectivity index (χ1) is 12.1. The molecule has 2 fully saturated rings. The van der Waals surface area contributed by atoms with Gasteiger partial charge < -0.3 is 15.1 Å². The number of nitrogens with one attached hydrogen (secondary N) is 1. The van der Waals surface area contributed by atoms with Crippen LogP contribution in [-0.2, 0) is 4.79 Å². The fourth-order valence-corrected chi connectivity index (χ4v) is 4.05. The molecule has 0 spiro atoms. The van der Waals surface area contributed by atoms with Gasteiger partial charge in [-0.1, -0.05) is 17.7 Å². The SMILES string of the molecule is CNCC1CCCN1C(=O)C1CCCN(C(=O)c2ccc(C)cc2)C1.Cl. The molecule has 0 bridgehead atoms. The largest absolute Gasteiger partial charge is 0.338 e. The zero-order valence-corrected chi connectivity index (χ0v) is 16.6. The monoisotopic (exact) mass is 379 g/mol. The molecule has 1 aromatic rings. The number of carbonyl (C=O) groups excluding carboxylic acids is 2. The topological polar surface area (TPSA) is 52.7 Å². The Morgan fingerprint density at radius 3 is 2.50 bits per heavy atom. The Kier molecular flexibility index (Phi) is 7.47. The standard InChI is InChI=1S/C20H29N3O2.ClH/c1-15-7-9-16(10-8-15)19(24)22-11-3-5-17(14-22)20(25)23-12-4-6-18(23)13-21-2;/h7-10,17-18,21H,3-6,11-14H2,1-2H3;1H. The van der Waals surface area contributed by atoms with Gasteiger partial charge in [0.1, 0.15) is 0 Å². The molecule has 1 aromatic carbocycles. The molecule has 0 saturated carbocycles. The molecular weight excluding hydrogens is 350 g/mol. The van der Waals surface area contributed by atoms with E-state index in [9.17, 15) is 9.59 Å². The minimum Gasteiger partial charge on any atom is -0.338 e. The van der Waals surface area contributed by atoms with Crippen molar-refractivity contribution >= 4 is 24.2 Å². The fraction of sp³-hybridized carbons (Fsp3) is 0.600. The lowest BCUT2D eigenvalue weighted by molar-refractivity contribution is -0.137. The predicted molar refractivity (Wildman–Crippen MR) is 106 cm³/mol. The quantitative estimate of drug-likeness (QED) is 0.874. The lowest BCUT2D eigenvalue weighted by atomic mass is 9.95. The van der Waals surface area contributed by atoms with Crippen LogP contribution in [0, 0.1) is 12.8 Å². The van der Waals surface area contributed by atoms with Gasteiger partial charge in [-0.2, -0.15) is 0 Å². The number of likely N-dealkylation sites (N-methyl/N-ethyl adjacent to an activating group) is 1. The molecule has 2 heterocycles. The lowest BCUT2D eigenvalue weighted by Crippen LogP contribution is -2.49. The number of halogens is 1. The molecule has 2 unspecified atom stereocenters. The van der Waals surface area contributed by atoms with Crippen LogP contribution in [0.3, 0.4) is 0 Å². The molecule has 26 heavy (non-hydrogen) atoms. The molecule has 2 amide bonds. The number of benzene rings is 1. The highest BCUT2D eigenvalue weighted by molar-refractivity contribution is 5.94. The number of rotatable bonds is 4. The second-order valence-corrected chi connectivity index (χ2v) is 7.34.